The third-order valence-corrected chi connectivity index (χ3v) is 2.37. The number of nitrogens with two attached hydrogens (primary N) is 1. The number of nitrogens with one attached hydrogen (secondary N) is 2. The average molecular weight is 208 g/mol. The number of aromatic amines is 1. The maximum atomic E-state index is 5.82. The van der Waals surface area contributed by atoms with E-state index < -0.39 is 0 Å². The molecular formula is C9H16N6. The Bertz CT molecular complexity index is 349. The summed E-state index contributed by atoms with van der Waals surface area (Å²) in [5, 5.41) is 10.0. The molecule has 0 saturated carbocycles. The van der Waals surface area contributed by atoms with Crippen molar-refractivity contribution in [2.45, 2.75) is 25.8 Å². The van der Waals surface area contributed by atoms with E-state index in [0.29, 0.717) is 24.1 Å². The lowest BCUT2D eigenvalue weighted by Crippen LogP contribution is -2.21. The fourth-order valence-corrected chi connectivity index (χ4v) is 1.66. The predicted octanol–water partition coefficient (Wildman–Crippen LogP) is -0.625. The van der Waals surface area contributed by atoms with Crippen LogP contribution in [-0.2, 0) is 6.42 Å². The number of nitrogens with zero attached hydrogens (tertiary/aromatic N) is 3. The minimum atomic E-state index is 0.324. The topological polar surface area (TPSA) is 92.0 Å². The van der Waals surface area contributed by atoms with Crippen LogP contribution in [0.3, 0.4) is 0 Å². The van der Waals surface area contributed by atoms with Crippen LogP contribution in [0.5, 0.6) is 0 Å². The minimum Gasteiger partial charge on any atom is -0.387 e. The molecule has 82 valence electrons. The van der Waals surface area contributed by atoms with Crippen molar-refractivity contribution in [1.29, 1.82) is 0 Å². The van der Waals surface area contributed by atoms with Crippen LogP contribution >= 0.6 is 0 Å². The average Bonchev–Trinajstić information content (AvgIpc) is 2.77. The standard InChI is InChI=1S/C9H16N6/c1-6-12-9(15-14-6)4-8(10)13-7-2-3-11-5-7/h7,11H,2-5H2,1H3,(H2,10,13)(H,12,14,15). The molecule has 1 saturated heterocycles. The van der Waals surface area contributed by atoms with E-state index in [4.69, 9.17) is 5.73 Å². The van der Waals surface area contributed by atoms with Crippen molar-refractivity contribution in [2.75, 3.05) is 13.1 Å². The Kier molecular flexibility index (Phi) is 2.96. The second-order valence-corrected chi connectivity index (χ2v) is 3.78. The summed E-state index contributed by atoms with van der Waals surface area (Å²) in [5.41, 5.74) is 5.82. The smallest absolute Gasteiger partial charge is 0.158 e. The normalized spacial score (nSPS) is 22.2. The molecule has 15 heavy (non-hydrogen) atoms. The number of H-pyrrole nitrogens is 1. The van der Waals surface area contributed by atoms with Gasteiger partial charge < -0.3 is 11.1 Å². The summed E-state index contributed by atoms with van der Waals surface area (Å²) in [5.74, 6) is 2.13. The van der Waals surface area contributed by atoms with Gasteiger partial charge in [-0.3, -0.25) is 10.1 Å². The Morgan fingerprint density at radius 3 is 3.13 bits per heavy atom. The van der Waals surface area contributed by atoms with E-state index >= 15 is 0 Å². The summed E-state index contributed by atoms with van der Waals surface area (Å²) in [4.78, 5) is 8.60. The molecule has 0 aromatic carbocycles. The van der Waals surface area contributed by atoms with Crippen molar-refractivity contribution in [3.8, 4) is 0 Å². The van der Waals surface area contributed by atoms with Gasteiger partial charge >= 0.3 is 0 Å². The molecule has 2 heterocycles. The Hall–Kier alpha value is -1.43. The maximum absolute atomic E-state index is 5.82. The van der Waals surface area contributed by atoms with Gasteiger partial charge in [0, 0.05) is 6.54 Å². The summed E-state index contributed by atoms with van der Waals surface area (Å²) in [6.07, 6.45) is 1.59. The largest absolute Gasteiger partial charge is 0.387 e. The summed E-state index contributed by atoms with van der Waals surface area (Å²) >= 11 is 0. The Balaban J connectivity index is 1.93. The number of rotatable bonds is 3. The van der Waals surface area contributed by atoms with Crippen LogP contribution in [0.4, 0.5) is 0 Å². The fourth-order valence-electron chi connectivity index (χ4n) is 1.66. The molecule has 1 aromatic heterocycles. The van der Waals surface area contributed by atoms with Gasteiger partial charge in [0.05, 0.1) is 12.5 Å². The van der Waals surface area contributed by atoms with Crippen molar-refractivity contribution in [1.82, 2.24) is 20.5 Å². The second kappa shape index (κ2) is 4.39. The van der Waals surface area contributed by atoms with Gasteiger partial charge in [0.1, 0.15) is 11.7 Å². The van der Waals surface area contributed by atoms with E-state index in [1.54, 1.807) is 0 Å². The first-order valence-electron chi connectivity index (χ1n) is 5.15. The molecule has 4 N–H and O–H groups in total. The predicted molar refractivity (Wildman–Crippen MR) is 57.7 cm³/mol. The third kappa shape index (κ3) is 2.76. The lowest BCUT2D eigenvalue weighted by molar-refractivity contribution is 0.739. The molecule has 2 rings (SSSR count). The van der Waals surface area contributed by atoms with E-state index in [1.807, 2.05) is 6.92 Å². The zero-order valence-corrected chi connectivity index (χ0v) is 8.82. The van der Waals surface area contributed by atoms with Crippen molar-refractivity contribution in [3.05, 3.63) is 11.6 Å². The van der Waals surface area contributed by atoms with Crippen LogP contribution in [0.25, 0.3) is 0 Å². The van der Waals surface area contributed by atoms with Crippen LogP contribution in [0.15, 0.2) is 4.99 Å². The van der Waals surface area contributed by atoms with Crippen molar-refractivity contribution >= 4 is 5.84 Å². The summed E-state index contributed by atoms with van der Waals surface area (Å²) in [7, 11) is 0. The zero-order chi connectivity index (χ0) is 10.7. The van der Waals surface area contributed by atoms with Crippen LogP contribution in [-0.4, -0.2) is 40.1 Å². The molecule has 0 amide bonds. The molecule has 0 spiro atoms. The molecule has 1 atom stereocenters. The highest BCUT2D eigenvalue weighted by Gasteiger charge is 2.13. The molecule has 0 aliphatic carbocycles. The highest BCUT2D eigenvalue weighted by atomic mass is 15.2. The van der Waals surface area contributed by atoms with Gasteiger partial charge in [-0.2, -0.15) is 5.10 Å². The molecule has 6 heteroatoms. The molecule has 1 aromatic rings. The summed E-state index contributed by atoms with van der Waals surface area (Å²) < 4.78 is 0. The second-order valence-electron chi connectivity index (χ2n) is 3.78. The quantitative estimate of drug-likeness (QED) is 0.456. The maximum Gasteiger partial charge on any atom is 0.158 e. The highest BCUT2D eigenvalue weighted by molar-refractivity contribution is 5.82. The van der Waals surface area contributed by atoms with Crippen LogP contribution in [0.1, 0.15) is 18.1 Å². The molecule has 1 aliphatic rings. The summed E-state index contributed by atoms with van der Waals surface area (Å²) in [6.45, 7) is 3.82. The first-order valence-corrected chi connectivity index (χ1v) is 5.15. The van der Waals surface area contributed by atoms with E-state index in [1.165, 1.54) is 0 Å². The molecule has 0 bridgehead atoms. The molecular weight excluding hydrogens is 192 g/mol. The number of amidine groups is 1. The summed E-state index contributed by atoms with van der Waals surface area (Å²) in [6, 6.07) is 0.324. The van der Waals surface area contributed by atoms with Gasteiger partial charge in [-0.05, 0) is 19.9 Å². The van der Waals surface area contributed by atoms with Gasteiger partial charge in [0.2, 0.25) is 0 Å². The molecule has 6 nitrogen and oxygen atoms in total. The highest BCUT2D eigenvalue weighted by Crippen LogP contribution is 2.03. The Labute approximate surface area is 88.4 Å². The van der Waals surface area contributed by atoms with Crippen LogP contribution in [0.2, 0.25) is 0 Å². The fraction of sp³-hybridized carbons (Fsp3) is 0.667. The Morgan fingerprint density at radius 1 is 1.67 bits per heavy atom. The van der Waals surface area contributed by atoms with E-state index in [9.17, 15) is 0 Å². The lowest BCUT2D eigenvalue weighted by atomic mass is 10.2. The number of aromatic nitrogens is 3. The van der Waals surface area contributed by atoms with Crippen molar-refractivity contribution < 1.29 is 0 Å². The van der Waals surface area contributed by atoms with Gasteiger partial charge in [0.25, 0.3) is 0 Å². The van der Waals surface area contributed by atoms with Gasteiger partial charge in [-0.25, -0.2) is 4.98 Å². The monoisotopic (exact) mass is 208 g/mol. The molecule has 1 unspecified atom stereocenters. The van der Waals surface area contributed by atoms with Crippen LogP contribution in [0, 0.1) is 6.92 Å². The number of hydrogen-bond donors (Lipinski definition) is 3. The molecule has 1 fully saturated rings. The number of aryl methyl sites for hydroxylation is 1. The molecule has 0 radical (unpaired) electrons. The first kappa shape index (κ1) is 10.1. The number of hydrogen-bond acceptors (Lipinski definition) is 4. The van der Waals surface area contributed by atoms with Gasteiger partial charge in [0.15, 0.2) is 5.82 Å². The van der Waals surface area contributed by atoms with E-state index in [-0.39, 0.29) is 0 Å². The zero-order valence-electron chi connectivity index (χ0n) is 8.82. The van der Waals surface area contributed by atoms with E-state index in [2.05, 4.69) is 25.5 Å². The first-order chi connectivity index (χ1) is 7.24. The minimum absolute atomic E-state index is 0.324. The van der Waals surface area contributed by atoms with Crippen molar-refractivity contribution in [3.63, 3.8) is 0 Å². The SMILES string of the molecule is Cc1nc(CC(N)=NC2CCNC2)n[nH]1. The third-order valence-electron chi connectivity index (χ3n) is 2.37. The van der Waals surface area contributed by atoms with Crippen LogP contribution < -0.4 is 11.1 Å². The van der Waals surface area contributed by atoms with Crippen molar-refractivity contribution in [2.24, 2.45) is 10.7 Å². The van der Waals surface area contributed by atoms with Gasteiger partial charge in [-0.1, -0.05) is 0 Å². The van der Waals surface area contributed by atoms with Gasteiger partial charge in [-0.15, -0.1) is 0 Å². The Morgan fingerprint density at radius 2 is 2.53 bits per heavy atom. The number of aliphatic imine (C=N–C) groups is 1. The van der Waals surface area contributed by atoms with E-state index in [0.717, 1.165) is 25.3 Å². The lowest BCUT2D eigenvalue weighted by Gasteiger charge is -2.03. The molecule has 1 aliphatic heterocycles.